The predicted octanol–water partition coefficient (Wildman–Crippen LogP) is 13.4. The zero-order valence-electron chi connectivity index (χ0n) is 42.0. The minimum Gasteiger partial charge on any atom is -0.494 e. The first-order valence-electron chi connectivity index (χ1n) is 24.5. The number of ether oxygens (including phenoxy) is 3. The molecule has 74 heavy (non-hydrogen) atoms. The predicted molar refractivity (Wildman–Crippen MR) is 294 cm³/mol. The molecule has 0 aliphatic heterocycles. The fourth-order valence-electron chi connectivity index (χ4n) is 8.77. The maximum atomic E-state index is 13.6. The molecule has 0 radical (unpaired) electrons. The number of sulfone groups is 1. The molecule has 6 rings (SSSR count). The number of ketones is 2. The van der Waals surface area contributed by atoms with Crippen molar-refractivity contribution >= 4 is 59.2 Å². The lowest BCUT2D eigenvalue weighted by atomic mass is 9.68. The van der Waals surface area contributed by atoms with Crippen molar-refractivity contribution in [2.45, 2.75) is 86.3 Å². The molecule has 4 unspecified atom stereocenters. The molecule has 0 fully saturated rings. The van der Waals surface area contributed by atoms with Crippen LogP contribution >= 0.6 is 31.9 Å². The van der Waals surface area contributed by atoms with Crippen LogP contribution in [0.5, 0.6) is 23.0 Å². The second-order valence-corrected chi connectivity index (χ2v) is 23.0. The van der Waals surface area contributed by atoms with Gasteiger partial charge >= 0.3 is 0 Å². The van der Waals surface area contributed by atoms with Crippen molar-refractivity contribution in [3.63, 3.8) is 0 Å². The summed E-state index contributed by atoms with van der Waals surface area (Å²) in [6, 6.07) is 50.0. The molecule has 6 aromatic carbocycles. The van der Waals surface area contributed by atoms with E-state index in [-0.39, 0.29) is 63.0 Å². The second-order valence-electron chi connectivity index (χ2n) is 19.3. The van der Waals surface area contributed by atoms with Gasteiger partial charge in [-0.25, -0.2) is 8.42 Å². The van der Waals surface area contributed by atoms with Gasteiger partial charge in [0.05, 0.1) is 41.0 Å². The molecule has 0 aliphatic carbocycles. The van der Waals surface area contributed by atoms with E-state index < -0.39 is 20.7 Å². The van der Waals surface area contributed by atoms with E-state index in [1.54, 1.807) is 72.8 Å². The first kappa shape index (κ1) is 56.7. The van der Waals surface area contributed by atoms with Gasteiger partial charge in [-0.3, -0.25) is 14.4 Å². The van der Waals surface area contributed by atoms with Gasteiger partial charge in [0.1, 0.15) is 40.2 Å². The van der Waals surface area contributed by atoms with Gasteiger partial charge in [-0.1, -0.05) is 120 Å². The van der Waals surface area contributed by atoms with Crippen LogP contribution in [0.2, 0.25) is 0 Å². The van der Waals surface area contributed by atoms with E-state index in [0.717, 1.165) is 11.1 Å². The summed E-state index contributed by atoms with van der Waals surface area (Å²) in [7, 11) is -3.87. The van der Waals surface area contributed by atoms with Gasteiger partial charge in [-0.15, -0.1) is 0 Å². The number of carbonyl (C=O) groups is 3. The summed E-state index contributed by atoms with van der Waals surface area (Å²) in [6.07, 6.45) is 2.53. The van der Waals surface area contributed by atoms with Crippen LogP contribution in [-0.4, -0.2) is 55.8 Å². The monoisotopic (exact) mass is 1140 g/mol. The number of nitriles is 2. The Morgan fingerprint density at radius 1 is 0.635 bits per heavy atom. The average Bonchev–Trinajstić information content (AvgIpc) is 3.42. The highest BCUT2D eigenvalue weighted by molar-refractivity contribution is 9.09. The number of amides is 1. The van der Waals surface area contributed by atoms with E-state index in [1.165, 1.54) is 24.3 Å². The van der Waals surface area contributed by atoms with E-state index in [1.807, 2.05) is 88.4 Å². The Labute approximate surface area is 452 Å². The lowest BCUT2D eigenvalue weighted by Crippen LogP contribution is -2.40. The molecule has 384 valence electrons. The van der Waals surface area contributed by atoms with Gasteiger partial charge in [0.25, 0.3) is 0 Å². The number of halogens is 2. The molecule has 1 N–H and O–H groups in total. The Balaban J connectivity index is 0.935. The minimum absolute atomic E-state index is 0.00189. The maximum Gasteiger partial charge on any atom is 0.225 e. The molecule has 14 heteroatoms. The first-order chi connectivity index (χ1) is 35.4. The number of carbonyl (C=O) groups excluding carboxylic acids is 3. The largest absolute Gasteiger partial charge is 0.494 e. The number of hydrogen-bond donors (Lipinski definition) is 1. The average molecular weight is 1140 g/mol. The van der Waals surface area contributed by atoms with E-state index in [4.69, 9.17) is 14.2 Å². The quantitative estimate of drug-likeness (QED) is 0.0297. The summed E-state index contributed by atoms with van der Waals surface area (Å²) in [5.74, 6) is 1.36. The summed E-state index contributed by atoms with van der Waals surface area (Å²) in [5.41, 5.74) is 1.64. The SMILES string of the molecule is CC(C)(CC(CC(Br)C#N)c1ccccc1)C(=O)NCCOc1ccc(S(=O)(=O)c2ccc(Oc3ccc(C(=O)c4ccc(OCCCC(=O)C(C)(C)C(CC(C#N)CBr)c5ccccc5)cc4)cc3)cc2)cc1. The molecular weight excluding hydrogens is 1080 g/mol. The fourth-order valence-corrected chi connectivity index (χ4v) is 10.9. The van der Waals surface area contributed by atoms with Crippen LogP contribution in [-0.2, 0) is 19.4 Å². The number of hydrogen-bond acceptors (Lipinski definition) is 10. The molecular formula is C60H61Br2N3O8S. The van der Waals surface area contributed by atoms with E-state index >= 15 is 0 Å². The number of Topliss-reactive ketones (excluding diaryl/α,β-unsaturated/α-hetero) is 1. The maximum absolute atomic E-state index is 13.6. The third-order valence-corrected chi connectivity index (χ3v) is 16.3. The molecule has 0 heterocycles. The summed E-state index contributed by atoms with van der Waals surface area (Å²) in [5, 5.41) is 22.6. The van der Waals surface area contributed by atoms with Crippen molar-refractivity contribution in [3.8, 4) is 35.1 Å². The number of nitrogens with zero attached hydrogens (tertiary/aromatic N) is 2. The molecule has 11 nitrogen and oxygen atoms in total. The smallest absolute Gasteiger partial charge is 0.225 e. The molecule has 0 aliphatic rings. The third kappa shape index (κ3) is 15.5. The van der Waals surface area contributed by atoms with Crippen LogP contribution in [0, 0.1) is 39.4 Å². The molecule has 4 atom stereocenters. The van der Waals surface area contributed by atoms with Crippen LogP contribution < -0.4 is 19.5 Å². The number of rotatable bonds is 27. The van der Waals surface area contributed by atoms with Crippen LogP contribution in [0.4, 0.5) is 0 Å². The summed E-state index contributed by atoms with van der Waals surface area (Å²) < 4.78 is 44.8. The zero-order valence-corrected chi connectivity index (χ0v) is 46.0. The molecule has 0 bridgehead atoms. The Morgan fingerprint density at radius 2 is 1.12 bits per heavy atom. The third-order valence-electron chi connectivity index (χ3n) is 13.2. The standard InChI is InChI=1S/C60H61Br2N3O8S/c1-59(2,38-47(37-48(62)41-64)43-12-7-5-8-13-43)58(68)65-33-35-72-50-25-29-53(30-26-50)74(69,70)54-31-27-52(28-32-54)73-51-23-19-46(20-24-51)57(67)45-17-21-49(22-18-45)71-34-11-16-56(66)60(3,4)55(36-42(39-61)40-63)44-14-9-6-10-15-44/h5-10,12-15,17-32,42,47-48,55H,11,16,33-39H2,1-4H3,(H,65,68). The van der Waals surface area contributed by atoms with E-state index in [9.17, 15) is 33.3 Å². The van der Waals surface area contributed by atoms with Gasteiger partial charge in [0.2, 0.25) is 15.7 Å². The first-order valence-corrected chi connectivity index (χ1v) is 28.0. The van der Waals surface area contributed by atoms with Gasteiger partial charge in [0.15, 0.2) is 5.78 Å². The number of nitrogens with one attached hydrogen (secondary N) is 1. The minimum atomic E-state index is -3.87. The van der Waals surface area contributed by atoms with Gasteiger partial charge in [-0.05, 0) is 146 Å². The highest BCUT2D eigenvalue weighted by Gasteiger charge is 2.38. The Hall–Kier alpha value is -6.58. The van der Waals surface area contributed by atoms with Crippen molar-refractivity contribution in [3.05, 3.63) is 180 Å². The normalized spacial score (nSPS) is 13.2. The number of alkyl halides is 2. The topological polar surface area (TPSA) is 173 Å². The Bertz CT molecular complexity index is 2990. The number of benzene rings is 6. The van der Waals surface area contributed by atoms with Gasteiger partial charge in [0, 0.05) is 33.7 Å². The van der Waals surface area contributed by atoms with Gasteiger partial charge < -0.3 is 19.5 Å². The second kappa shape index (κ2) is 26.6. The molecule has 1 amide bonds. The lowest BCUT2D eigenvalue weighted by molar-refractivity contribution is -0.130. The van der Waals surface area contributed by atoms with Crippen LogP contribution in [0.1, 0.15) is 98.7 Å². The summed E-state index contributed by atoms with van der Waals surface area (Å²) >= 11 is 6.87. The molecule has 0 saturated heterocycles. The highest BCUT2D eigenvalue weighted by atomic mass is 79.9. The van der Waals surface area contributed by atoms with Crippen molar-refractivity contribution in [2.75, 3.05) is 25.1 Å². The van der Waals surface area contributed by atoms with Gasteiger partial charge in [-0.2, -0.15) is 10.5 Å². The highest BCUT2D eigenvalue weighted by Crippen LogP contribution is 2.42. The fraction of sp³-hybridized carbons (Fsp3) is 0.317. The summed E-state index contributed by atoms with van der Waals surface area (Å²) in [6.45, 7) is 8.44. The van der Waals surface area contributed by atoms with Crippen LogP contribution in [0.15, 0.2) is 168 Å². The molecule has 0 aromatic heterocycles. The lowest BCUT2D eigenvalue weighted by Gasteiger charge is -2.34. The van der Waals surface area contributed by atoms with Crippen LogP contribution in [0.3, 0.4) is 0 Å². The van der Waals surface area contributed by atoms with Crippen LogP contribution in [0.25, 0.3) is 0 Å². The van der Waals surface area contributed by atoms with Crippen molar-refractivity contribution in [1.29, 1.82) is 10.5 Å². The van der Waals surface area contributed by atoms with Crippen molar-refractivity contribution in [1.82, 2.24) is 5.32 Å². The Kier molecular flexibility index (Phi) is 20.4. The van der Waals surface area contributed by atoms with E-state index in [2.05, 4.69) is 49.3 Å². The summed E-state index contributed by atoms with van der Waals surface area (Å²) in [4.78, 5) is 40.0. The molecule has 0 spiro atoms. The van der Waals surface area contributed by atoms with Crippen molar-refractivity contribution in [2.24, 2.45) is 16.7 Å². The molecule has 6 aromatic rings. The van der Waals surface area contributed by atoms with E-state index in [0.29, 0.717) is 78.2 Å². The molecule has 0 saturated carbocycles. The Morgan fingerprint density at radius 3 is 1.64 bits per heavy atom. The zero-order chi connectivity index (χ0) is 53.3. The van der Waals surface area contributed by atoms with Crippen molar-refractivity contribution < 1.29 is 37.0 Å².